The lowest BCUT2D eigenvalue weighted by molar-refractivity contribution is -0.141. The van der Waals surface area contributed by atoms with Gasteiger partial charge in [-0.15, -0.1) is 0 Å². The normalized spacial score (nSPS) is 14.9. The van der Waals surface area contributed by atoms with Gasteiger partial charge >= 0.3 is 12.2 Å². The zero-order valence-corrected chi connectivity index (χ0v) is 26.3. The summed E-state index contributed by atoms with van der Waals surface area (Å²) in [5.74, 6) is -1.12. The molecule has 4 amide bonds. The molecule has 3 aromatic rings. The van der Waals surface area contributed by atoms with Crippen LogP contribution in [0.3, 0.4) is 0 Å². The highest BCUT2D eigenvalue weighted by molar-refractivity contribution is 6.34. The molecule has 16 heteroatoms. The van der Waals surface area contributed by atoms with Crippen LogP contribution < -0.4 is 21.3 Å². The first-order valence-electron chi connectivity index (χ1n) is 15.2. The van der Waals surface area contributed by atoms with Crippen molar-refractivity contribution < 1.29 is 27.6 Å². The zero-order chi connectivity index (χ0) is 33.0. The van der Waals surface area contributed by atoms with Gasteiger partial charge in [0.05, 0.1) is 40.1 Å². The highest BCUT2D eigenvalue weighted by Gasteiger charge is 2.40. The van der Waals surface area contributed by atoms with Crippen LogP contribution in [0.5, 0.6) is 0 Å². The number of imidazole rings is 1. The number of rotatable bonds is 13. The van der Waals surface area contributed by atoms with Crippen LogP contribution in [0.2, 0.25) is 5.02 Å². The Morgan fingerprint density at radius 3 is 2.48 bits per heavy atom. The van der Waals surface area contributed by atoms with Crippen LogP contribution in [-0.4, -0.2) is 81.3 Å². The Balaban J connectivity index is 1.11. The van der Waals surface area contributed by atoms with Crippen LogP contribution in [0.1, 0.15) is 71.2 Å². The van der Waals surface area contributed by atoms with E-state index in [1.165, 1.54) is 46.9 Å². The van der Waals surface area contributed by atoms with E-state index in [1.54, 1.807) is 7.05 Å². The van der Waals surface area contributed by atoms with Crippen LogP contribution >= 0.6 is 11.6 Å². The molecule has 0 spiro atoms. The smallest absolute Gasteiger partial charge is 0.352 e. The van der Waals surface area contributed by atoms with Gasteiger partial charge in [0, 0.05) is 52.2 Å². The molecule has 0 atom stereocenters. The number of aromatic nitrogens is 4. The summed E-state index contributed by atoms with van der Waals surface area (Å²) in [7, 11) is 3.09. The second-order valence-corrected chi connectivity index (χ2v) is 11.9. The minimum atomic E-state index is -4.67. The standard InChI is InChI=1S/C30H37ClF3N9O3/c1-35-29(46)42(20-14-36-15-20)12-6-4-3-5-11-37-27(44)21-10-7-18(13-23(21)31)39-28(45)26-38-16-24(41(26)2)22-17-43(19-8-9-19)40-25(22)30(32,33)34/h7,10,13,16-17,19-20,36H,3-6,8-9,11-12,14-15H2,1-2H3,(H,35,46)(H,37,44)(H,39,45). The molecule has 5 rings (SSSR count). The van der Waals surface area contributed by atoms with Gasteiger partial charge in [-0.3, -0.25) is 14.3 Å². The molecule has 1 aliphatic heterocycles. The molecule has 0 bridgehead atoms. The van der Waals surface area contributed by atoms with Gasteiger partial charge in [0.1, 0.15) is 0 Å². The van der Waals surface area contributed by atoms with Crippen molar-refractivity contribution in [3.63, 3.8) is 0 Å². The highest BCUT2D eigenvalue weighted by atomic mass is 35.5. The van der Waals surface area contributed by atoms with E-state index in [1.807, 2.05) is 4.90 Å². The summed E-state index contributed by atoms with van der Waals surface area (Å²) in [5, 5.41) is 15.2. The zero-order valence-electron chi connectivity index (χ0n) is 25.6. The number of alkyl halides is 3. The van der Waals surface area contributed by atoms with Crippen molar-refractivity contribution in [2.45, 2.75) is 56.8 Å². The number of carbonyl (C=O) groups is 3. The number of hydrogen-bond donors (Lipinski definition) is 4. The van der Waals surface area contributed by atoms with Gasteiger partial charge in [-0.1, -0.05) is 24.4 Å². The summed E-state index contributed by atoms with van der Waals surface area (Å²) in [6.45, 7) is 2.76. The van der Waals surface area contributed by atoms with E-state index in [0.29, 0.717) is 13.1 Å². The Morgan fingerprint density at radius 2 is 1.85 bits per heavy atom. The molecule has 1 saturated heterocycles. The van der Waals surface area contributed by atoms with E-state index in [-0.39, 0.29) is 57.4 Å². The summed E-state index contributed by atoms with van der Waals surface area (Å²) >= 11 is 6.36. The lowest BCUT2D eigenvalue weighted by Crippen LogP contribution is -2.60. The summed E-state index contributed by atoms with van der Waals surface area (Å²) < 4.78 is 43.8. The lowest BCUT2D eigenvalue weighted by Gasteiger charge is -2.38. The summed E-state index contributed by atoms with van der Waals surface area (Å²) in [5.41, 5.74) is -0.548. The molecule has 12 nitrogen and oxygen atoms in total. The number of nitrogens with one attached hydrogen (secondary N) is 4. The van der Waals surface area contributed by atoms with Gasteiger partial charge in [0.25, 0.3) is 11.8 Å². The number of unbranched alkanes of at least 4 members (excludes halogenated alkanes) is 3. The Morgan fingerprint density at radius 1 is 1.11 bits per heavy atom. The molecule has 1 aromatic carbocycles. The molecular weight excluding hydrogens is 627 g/mol. The van der Waals surface area contributed by atoms with E-state index in [0.717, 1.165) is 51.6 Å². The van der Waals surface area contributed by atoms with Crippen molar-refractivity contribution in [1.29, 1.82) is 0 Å². The van der Waals surface area contributed by atoms with E-state index in [9.17, 15) is 27.6 Å². The quantitative estimate of drug-likeness (QED) is 0.200. The number of carbonyl (C=O) groups excluding carboxylic acids is 3. The maximum Gasteiger partial charge on any atom is 0.435 e. The molecular formula is C30H37ClF3N9O3. The van der Waals surface area contributed by atoms with Gasteiger partial charge in [-0.05, 0) is 43.9 Å². The topological polar surface area (TPSA) is 138 Å². The van der Waals surface area contributed by atoms with Gasteiger partial charge in [0.15, 0.2) is 11.5 Å². The van der Waals surface area contributed by atoms with Crippen molar-refractivity contribution in [2.24, 2.45) is 7.05 Å². The van der Waals surface area contributed by atoms with Crippen molar-refractivity contribution >= 4 is 35.1 Å². The summed E-state index contributed by atoms with van der Waals surface area (Å²) in [6, 6.07) is 4.54. The number of urea groups is 1. The molecule has 2 fully saturated rings. The maximum atomic E-state index is 13.7. The molecule has 2 aliphatic rings. The van der Waals surface area contributed by atoms with Crippen LogP contribution in [-0.2, 0) is 13.2 Å². The summed E-state index contributed by atoms with van der Waals surface area (Å²) in [6.07, 6.45) is 2.86. The van der Waals surface area contributed by atoms with Crippen LogP contribution in [0.25, 0.3) is 11.3 Å². The largest absolute Gasteiger partial charge is 0.435 e. The van der Waals surface area contributed by atoms with Gasteiger partial charge in [0.2, 0.25) is 0 Å². The Labute approximate surface area is 269 Å². The molecule has 248 valence electrons. The third-order valence-electron chi connectivity index (χ3n) is 8.15. The molecule has 0 unspecified atom stereocenters. The van der Waals surface area contributed by atoms with E-state index in [2.05, 4.69) is 31.3 Å². The fraction of sp³-hybridized carbons (Fsp3) is 0.500. The highest BCUT2D eigenvalue weighted by Crippen LogP contribution is 2.41. The Hall–Kier alpha value is -4.11. The van der Waals surface area contributed by atoms with Gasteiger partial charge < -0.3 is 30.7 Å². The molecule has 0 radical (unpaired) electrons. The Bertz CT molecular complexity index is 1580. The molecule has 3 heterocycles. The molecule has 1 saturated carbocycles. The lowest BCUT2D eigenvalue weighted by atomic mass is 10.1. The third kappa shape index (κ3) is 7.64. The SMILES string of the molecule is CNC(=O)N(CCCCCCNC(=O)c1ccc(NC(=O)c2ncc(-c3cn(C4CC4)nc3C(F)(F)F)n2C)cc1Cl)C1CNC1. The number of amides is 4. The second kappa shape index (κ2) is 14.1. The average Bonchev–Trinajstić information content (AvgIpc) is 3.61. The predicted octanol–water partition coefficient (Wildman–Crippen LogP) is 4.45. The van der Waals surface area contributed by atoms with Crippen molar-refractivity contribution in [2.75, 3.05) is 38.5 Å². The molecule has 1 aliphatic carbocycles. The number of anilines is 1. The van der Waals surface area contributed by atoms with Crippen molar-refractivity contribution in [1.82, 2.24) is 40.2 Å². The number of nitrogens with zero attached hydrogens (tertiary/aromatic N) is 5. The first-order chi connectivity index (χ1) is 22.0. The second-order valence-electron chi connectivity index (χ2n) is 11.5. The summed E-state index contributed by atoms with van der Waals surface area (Å²) in [4.78, 5) is 43.7. The fourth-order valence-corrected chi connectivity index (χ4v) is 5.56. The number of halogens is 4. The Kier molecular flexibility index (Phi) is 10.2. The minimum Gasteiger partial charge on any atom is -0.352 e. The minimum absolute atomic E-state index is 0.0563. The van der Waals surface area contributed by atoms with Crippen molar-refractivity contribution in [3.05, 3.63) is 52.7 Å². The fourth-order valence-electron chi connectivity index (χ4n) is 5.29. The monoisotopic (exact) mass is 663 g/mol. The first kappa shape index (κ1) is 33.3. The predicted molar refractivity (Wildman–Crippen MR) is 166 cm³/mol. The third-order valence-corrected chi connectivity index (χ3v) is 8.46. The van der Waals surface area contributed by atoms with E-state index < -0.39 is 17.8 Å². The van der Waals surface area contributed by atoms with Crippen molar-refractivity contribution in [3.8, 4) is 11.3 Å². The number of benzene rings is 1. The van der Waals surface area contributed by atoms with Crippen LogP contribution in [0, 0.1) is 0 Å². The van der Waals surface area contributed by atoms with Gasteiger partial charge in [-0.25, -0.2) is 9.78 Å². The first-order valence-corrected chi connectivity index (χ1v) is 15.6. The van der Waals surface area contributed by atoms with E-state index >= 15 is 0 Å². The van der Waals surface area contributed by atoms with Gasteiger partial charge in [-0.2, -0.15) is 18.3 Å². The van der Waals surface area contributed by atoms with E-state index in [4.69, 9.17) is 11.6 Å². The van der Waals surface area contributed by atoms with Crippen LogP contribution in [0.4, 0.5) is 23.7 Å². The maximum absolute atomic E-state index is 13.7. The van der Waals surface area contributed by atoms with Crippen LogP contribution in [0.15, 0.2) is 30.6 Å². The average molecular weight is 664 g/mol. The molecule has 46 heavy (non-hydrogen) atoms. The molecule has 2 aromatic heterocycles. The number of hydrogen-bond acceptors (Lipinski definition) is 6. The molecule has 4 N–H and O–H groups in total.